The Morgan fingerprint density at radius 3 is 1.49 bits per heavy atom. The van der Waals surface area contributed by atoms with Crippen molar-refractivity contribution in [3.05, 3.63) is 206 Å². The molecule has 61 heavy (non-hydrogen) atoms. The van der Waals surface area contributed by atoms with E-state index in [9.17, 15) is 0 Å². The average molecular weight is 835 g/mol. The smallest absolute Gasteiger partial charge is 0.124 e. The SMILES string of the molecule is c1ccc(N(c2cccc(-c3nc4ccccc4s3)c2)c2ccc3sc4c(N(c5ccccc5)c5cccc(-c6nc7ccccc7s6)c5)c5ccccc5cc4c3c2)cc1. The van der Waals surface area contributed by atoms with Gasteiger partial charge in [-0.1, -0.05) is 109 Å². The molecule has 0 aliphatic heterocycles. The molecule has 0 bridgehead atoms. The summed E-state index contributed by atoms with van der Waals surface area (Å²) in [5.74, 6) is 0. The van der Waals surface area contributed by atoms with Crippen LogP contribution in [0.15, 0.2) is 206 Å². The highest BCUT2D eigenvalue weighted by molar-refractivity contribution is 7.26. The molecule has 0 atom stereocenters. The first-order chi connectivity index (χ1) is 30.2. The molecule has 0 N–H and O–H groups in total. The molecular formula is C54H34N4S3. The zero-order valence-corrected chi connectivity index (χ0v) is 35.1. The second-order valence-electron chi connectivity index (χ2n) is 15.0. The van der Waals surface area contributed by atoms with Gasteiger partial charge in [0.25, 0.3) is 0 Å². The van der Waals surface area contributed by atoms with Crippen LogP contribution < -0.4 is 9.80 Å². The summed E-state index contributed by atoms with van der Waals surface area (Å²) in [6, 6.07) is 74.0. The minimum atomic E-state index is 1.02. The van der Waals surface area contributed by atoms with Crippen molar-refractivity contribution in [2.45, 2.75) is 0 Å². The molecule has 0 fully saturated rings. The molecule has 4 nitrogen and oxygen atoms in total. The third kappa shape index (κ3) is 6.33. The number of anilines is 6. The first-order valence-electron chi connectivity index (χ1n) is 20.2. The van der Waals surface area contributed by atoms with Crippen molar-refractivity contribution in [1.29, 1.82) is 0 Å². The zero-order valence-electron chi connectivity index (χ0n) is 32.6. The second-order valence-corrected chi connectivity index (χ2v) is 18.1. The lowest BCUT2D eigenvalue weighted by molar-refractivity contribution is 1.29. The van der Waals surface area contributed by atoms with Gasteiger partial charge >= 0.3 is 0 Å². The number of nitrogens with zero attached hydrogens (tertiary/aromatic N) is 4. The van der Waals surface area contributed by atoms with Crippen LogP contribution in [0.1, 0.15) is 0 Å². The van der Waals surface area contributed by atoms with E-state index in [0.717, 1.165) is 60.6 Å². The van der Waals surface area contributed by atoms with Crippen molar-refractivity contribution in [2.75, 3.05) is 9.80 Å². The lowest BCUT2D eigenvalue weighted by Crippen LogP contribution is -2.10. The van der Waals surface area contributed by atoms with Gasteiger partial charge < -0.3 is 9.80 Å². The maximum atomic E-state index is 5.05. The summed E-state index contributed by atoms with van der Waals surface area (Å²) in [4.78, 5) is 14.9. The van der Waals surface area contributed by atoms with Crippen LogP contribution in [0, 0.1) is 0 Å². The summed E-state index contributed by atoms with van der Waals surface area (Å²) in [7, 11) is 0. The Balaban J connectivity index is 1.05. The van der Waals surface area contributed by atoms with E-state index in [4.69, 9.17) is 9.97 Å². The number of hydrogen-bond donors (Lipinski definition) is 0. The fourth-order valence-electron chi connectivity index (χ4n) is 8.46. The van der Waals surface area contributed by atoms with Gasteiger partial charge in [-0.3, -0.25) is 0 Å². The van der Waals surface area contributed by atoms with Crippen molar-refractivity contribution in [3.63, 3.8) is 0 Å². The van der Waals surface area contributed by atoms with Crippen LogP contribution in [0.5, 0.6) is 0 Å². The minimum Gasteiger partial charge on any atom is -0.310 e. The number of fused-ring (bicyclic) bond motifs is 6. The molecule has 0 radical (unpaired) electrons. The van der Waals surface area contributed by atoms with Gasteiger partial charge in [0.1, 0.15) is 10.0 Å². The van der Waals surface area contributed by atoms with Gasteiger partial charge in [-0.25, -0.2) is 9.97 Å². The molecule has 0 unspecified atom stereocenters. The van der Waals surface area contributed by atoms with Crippen LogP contribution in [0.25, 0.3) is 72.5 Å². The zero-order chi connectivity index (χ0) is 40.3. The van der Waals surface area contributed by atoms with Crippen LogP contribution in [0.2, 0.25) is 0 Å². The fraction of sp³-hybridized carbons (Fsp3) is 0. The molecule has 3 aromatic heterocycles. The fourth-order valence-corrected chi connectivity index (χ4v) is 11.6. The maximum absolute atomic E-state index is 5.05. The first-order valence-corrected chi connectivity index (χ1v) is 22.7. The molecule has 7 heteroatoms. The van der Waals surface area contributed by atoms with E-state index in [2.05, 4.69) is 216 Å². The van der Waals surface area contributed by atoms with Gasteiger partial charge in [0.2, 0.25) is 0 Å². The van der Waals surface area contributed by atoms with E-state index < -0.39 is 0 Å². The van der Waals surface area contributed by atoms with E-state index in [0.29, 0.717) is 0 Å². The molecule has 0 amide bonds. The first kappa shape index (κ1) is 35.8. The normalized spacial score (nSPS) is 11.6. The van der Waals surface area contributed by atoms with Crippen LogP contribution in [-0.2, 0) is 0 Å². The number of thiazole rings is 2. The monoisotopic (exact) mass is 834 g/mol. The molecule has 0 spiro atoms. The molecule has 0 aliphatic rings. The summed E-state index contributed by atoms with van der Waals surface area (Å²) in [6.45, 7) is 0. The van der Waals surface area contributed by atoms with Gasteiger partial charge in [-0.05, 0) is 102 Å². The summed E-state index contributed by atoms with van der Waals surface area (Å²) in [6.07, 6.45) is 0. The van der Waals surface area contributed by atoms with Gasteiger partial charge in [0.05, 0.1) is 30.8 Å². The van der Waals surface area contributed by atoms with E-state index in [1.165, 1.54) is 46.0 Å². The Morgan fingerprint density at radius 1 is 0.328 bits per heavy atom. The quantitative estimate of drug-likeness (QED) is 0.153. The predicted molar refractivity (Wildman–Crippen MR) is 263 cm³/mol. The Kier molecular flexibility index (Phi) is 8.70. The van der Waals surface area contributed by atoms with E-state index in [-0.39, 0.29) is 0 Å². The van der Waals surface area contributed by atoms with Crippen molar-refractivity contribution in [3.8, 4) is 21.1 Å². The topological polar surface area (TPSA) is 32.3 Å². The predicted octanol–water partition coefficient (Wildman–Crippen LogP) is 16.7. The third-order valence-electron chi connectivity index (χ3n) is 11.2. The van der Waals surface area contributed by atoms with Crippen LogP contribution in [-0.4, -0.2) is 9.97 Å². The van der Waals surface area contributed by atoms with Gasteiger partial charge in [0, 0.05) is 60.4 Å². The molecule has 12 rings (SSSR count). The largest absolute Gasteiger partial charge is 0.310 e. The van der Waals surface area contributed by atoms with Gasteiger partial charge in [-0.2, -0.15) is 0 Å². The highest BCUT2D eigenvalue weighted by Crippen LogP contribution is 2.50. The highest BCUT2D eigenvalue weighted by Gasteiger charge is 2.23. The summed E-state index contributed by atoms with van der Waals surface area (Å²) in [5.41, 5.74) is 10.9. The Bertz CT molecular complexity index is 3510. The van der Waals surface area contributed by atoms with Crippen LogP contribution in [0.3, 0.4) is 0 Å². The molecular weight excluding hydrogens is 801 g/mol. The van der Waals surface area contributed by atoms with Gasteiger partial charge in [0.15, 0.2) is 0 Å². The highest BCUT2D eigenvalue weighted by atomic mass is 32.1. The summed E-state index contributed by atoms with van der Waals surface area (Å²) in [5, 5.41) is 6.89. The summed E-state index contributed by atoms with van der Waals surface area (Å²) >= 11 is 5.33. The molecule has 9 aromatic carbocycles. The standard InChI is InChI=1S/C54H34N4S3/c1-3-18-38(19-4-1)57(40-22-13-16-36(31-40)53-55-46-25-9-11-27-49(46)60-53)42-29-30-48-44(34-42)45-33-35-15-7-8-24-43(35)51(52(45)59-48)58(39-20-5-2-6-21-39)41-23-14-17-37(32-41)54-56-47-26-10-12-28-50(47)61-54/h1-34H. The Labute approximate surface area is 364 Å². The molecule has 0 aliphatic carbocycles. The number of thiophene rings is 1. The Morgan fingerprint density at radius 2 is 0.852 bits per heavy atom. The van der Waals surface area contributed by atoms with Crippen molar-refractivity contribution in [2.24, 2.45) is 0 Å². The van der Waals surface area contributed by atoms with E-state index in [1.54, 1.807) is 22.7 Å². The van der Waals surface area contributed by atoms with Crippen molar-refractivity contribution in [1.82, 2.24) is 9.97 Å². The lowest BCUT2D eigenvalue weighted by atomic mass is 10.0. The molecule has 12 aromatic rings. The van der Waals surface area contributed by atoms with E-state index in [1.807, 2.05) is 11.3 Å². The minimum absolute atomic E-state index is 1.02. The molecule has 0 saturated carbocycles. The molecule has 0 saturated heterocycles. The average Bonchev–Trinajstić information content (AvgIpc) is 4.06. The van der Waals surface area contributed by atoms with Crippen molar-refractivity contribution < 1.29 is 0 Å². The lowest BCUT2D eigenvalue weighted by Gasteiger charge is -2.28. The Hall–Kier alpha value is -7.16. The van der Waals surface area contributed by atoms with Crippen LogP contribution >= 0.6 is 34.0 Å². The molecule has 3 heterocycles. The van der Waals surface area contributed by atoms with Gasteiger partial charge in [-0.15, -0.1) is 34.0 Å². The maximum Gasteiger partial charge on any atom is 0.124 e. The third-order valence-corrected chi connectivity index (χ3v) is 14.6. The summed E-state index contributed by atoms with van der Waals surface area (Å²) < 4.78 is 4.86. The second kappa shape index (κ2) is 14.8. The number of benzene rings is 9. The number of rotatable bonds is 8. The number of hydrogen-bond acceptors (Lipinski definition) is 7. The molecule has 288 valence electrons. The van der Waals surface area contributed by atoms with Crippen molar-refractivity contribution >= 4 is 120 Å². The number of aromatic nitrogens is 2. The van der Waals surface area contributed by atoms with Crippen LogP contribution in [0.4, 0.5) is 34.1 Å². The number of para-hydroxylation sites is 4. The van der Waals surface area contributed by atoms with E-state index >= 15 is 0 Å².